The summed E-state index contributed by atoms with van der Waals surface area (Å²) in [7, 11) is 1.62. The Labute approximate surface area is 163 Å². The monoisotopic (exact) mass is 381 g/mol. The van der Waals surface area contributed by atoms with Crippen molar-refractivity contribution in [1.82, 2.24) is 4.90 Å². The van der Waals surface area contributed by atoms with Gasteiger partial charge in [0.2, 0.25) is 0 Å². The quantitative estimate of drug-likeness (QED) is 0.600. The van der Waals surface area contributed by atoms with Crippen molar-refractivity contribution in [2.75, 3.05) is 19.0 Å². The summed E-state index contributed by atoms with van der Waals surface area (Å²) in [6, 6.07) is 12.7. The first-order chi connectivity index (χ1) is 13.6. The Hall–Kier alpha value is -3.09. The van der Waals surface area contributed by atoms with Crippen molar-refractivity contribution in [3.63, 3.8) is 0 Å². The molecule has 7 heteroatoms. The molecule has 1 amide bonds. The van der Waals surface area contributed by atoms with Gasteiger partial charge in [-0.05, 0) is 55.5 Å². The Kier molecular flexibility index (Phi) is 4.90. The molecule has 2 fully saturated rings. The molecule has 0 spiro atoms. The SMILES string of the molecule is COc1cccc(C2CCCN2C(=O)c2ccc(NC3CC3)c([N+](=O)[O-])c2)c1. The highest BCUT2D eigenvalue weighted by Gasteiger charge is 2.32. The summed E-state index contributed by atoms with van der Waals surface area (Å²) in [5.74, 6) is 0.578. The molecule has 7 nitrogen and oxygen atoms in total. The number of anilines is 1. The van der Waals surface area contributed by atoms with Crippen LogP contribution in [-0.2, 0) is 0 Å². The number of rotatable bonds is 6. The van der Waals surface area contributed by atoms with Crippen LogP contribution in [0, 0.1) is 10.1 Å². The van der Waals surface area contributed by atoms with E-state index in [9.17, 15) is 14.9 Å². The molecule has 1 atom stereocenters. The maximum absolute atomic E-state index is 13.2. The Bertz CT molecular complexity index is 910. The van der Waals surface area contributed by atoms with Gasteiger partial charge in [-0.1, -0.05) is 12.1 Å². The number of nitrogens with zero attached hydrogens (tertiary/aromatic N) is 2. The number of carbonyl (C=O) groups is 1. The maximum Gasteiger partial charge on any atom is 0.293 e. The van der Waals surface area contributed by atoms with Gasteiger partial charge in [-0.15, -0.1) is 0 Å². The van der Waals surface area contributed by atoms with Crippen LogP contribution in [0.15, 0.2) is 42.5 Å². The van der Waals surface area contributed by atoms with Crippen LogP contribution in [0.3, 0.4) is 0 Å². The van der Waals surface area contributed by atoms with E-state index in [2.05, 4.69) is 5.32 Å². The highest BCUT2D eigenvalue weighted by atomic mass is 16.6. The first kappa shape index (κ1) is 18.3. The summed E-state index contributed by atoms with van der Waals surface area (Å²) >= 11 is 0. The highest BCUT2D eigenvalue weighted by Crippen LogP contribution is 2.36. The minimum Gasteiger partial charge on any atom is -0.497 e. The molecule has 4 rings (SSSR count). The Morgan fingerprint density at radius 1 is 1.21 bits per heavy atom. The molecular weight excluding hydrogens is 358 g/mol. The van der Waals surface area contributed by atoms with Gasteiger partial charge in [0, 0.05) is 24.2 Å². The van der Waals surface area contributed by atoms with Crippen LogP contribution >= 0.6 is 0 Å². The number of hydrogen-bond acceptors (Lipinski definition) is 5. The third-order valence-corrected chi connectivity index (χ3v) is 5.37. The van der Waals surface area contributed by atoms with E-state index in [1.807, 2.05) is 29.2 Å². The van der Waals surface area contributed by atoms with Gasteiger partial charge < -0.3 is 15.0 Å². The van der Waals surface area contributed by atoms with Gasteiger partial charge in [0.25, 0.3) is 11.6 Å². The summed E-state index contributed by atoms with van der Waals surface area (Å²) < 4.78 is 5.30. The minimum atomic E-state index is -0.426. The molecule has 1 unspecified atom stereocenters. The lowest BCUT2D eigenvalue weighted by Crippen LogP contribution is -2.30. The van der Waals surface area contributed by atoms with Crippen LogP contribution in [0.25, 0.3) is 0 Å². The first-order valence-corrected chi connectivity index (χ1v) is 9.56. The van der Waals surface area contributed by atoms with Gasteiger partial charge in [-0.2, -0.15) is 0 Å². The van der Waals surface area contributed by atoms with Crippen molar-refractivity contribution in [3.05, 3.63) is 63.7 Å². The molecule has 0 bridgehead atoms. The second-order valence-corrected chi connectivity index (χ2v) is 7.34. The lowest BCUT2D eigenvalue weighted by Gasteiger charge is -2.25. The standard InChI is InChI=1S/C21H23N3O4/c1-28-17-5-2-4-14(12-17)19-6-3-11-23(19)21(25)15-7-10-18(22-16-8-9-16)20(13-15)24(26)27/h2,4-5,7,10,12-13,16,19,22H,3,6,8-9,11H2,1H3. The minimum absolute atomic E-state index is 0.0464. The second kappa shape index (κ2) is 7.50. The van der Waals surface area contributed by atoms with Crippen molar-refractivity contribution >= 4 is 17.3 Å². The molecule has 1 N–H and O–H groups in total. The molecule has 1 aliphatic heterocycles. The van der Waals surface area contributed by atoms with Gasteiger partial charge in [-0.25, -0.2) is 0 Å². The number of nitrogens with one attached hydrogen (secondary N) is 1. The van der Waals surface area contributed by atoms with Crippen LogP contribution < -0.4 is 10.1 Å². The zero-order chi connectivity index (χ0) is 19.7. The lowest BCUT2D eigenvalue weighted by molar-refractivity contribution is -0.384. The fraction of sp³-hybridized carbons (Fsp3) is 0.381. The van der Waals surface area contributed by atoms with Crippen LogP contribution in [0.4, 0.5) is 11.4 Å². The van der Waals surface area contributed by atoms with Crippen LogP contribution in [0.1, 0.15) is 47.6 Å². The summed E-state index contributed by atoms with van der Waals surface area (Å²) in [6.45, 7) is 0.635. The third kappa shape index (κ3) is 3.65. The van der Waals surface area contributed by atoms with E-state index in [0.29, 0.717) is 23.8 Å². The number of amides is 1. The van der Waals surface area contributed by atoms with Gasteiger partial charge in [0.05, 0.1) is 18.1 Å². The normalized spacial score (nSPS) is 18.8. The predicted molar refractivity (Wildman–Crippen MR) is 106 cm³/mol. The summed E-state index contributed by atoms with van der Waals surface area (Å²) in [6.07, 6.45) is 3.81. The Balaban J connectivity index is 1.60. The number of nitro groups is 1. The van der Waals surface area contributed by atoms with Gasteiger partial charge >= 0.3 is 0 Å². The number of methoxy groups -OCH3 is 1. The third-order valence-electron chi connectivity index (χ3n) is 5.37. The van der Waals surface area contributed by atoms with E-state index >= 15 is 0 Å². The largest absolute Gasteiger partial charge is 0.497 e. The molecule has 2 aromatic carbocycles. The summed E-state index contributed by atoms with van der Waals surface area (Å²) in [5, 5.41) is 14.7. The molecule has 28 heavy (non-hydrogen) atoms. The number of likely N-dealkylation sites (tertiary alicyclic amines) is 1. The van der Waals surface area contributed by atoms with Crippen LogP contribution in [0.5, 0.6) is 5.75 Å². The lowest BCUT2D eigenvalue weighted by atomic mass is 10.0. The molecule has 2 aliphatic rings. The smallest absolute Gasteiger partial charge is 0.293 e. The zero-order valence-electron chi connectivity index (χ0n) is 15.8. The first-order valence-electron chi connectivity index (χ1n) is 9.56. The topological polar surface area (TPSA) is 84.7 Å². The molecule has 0 aromatic heterocycles. The predicted octanol–water partition coefficient (Wildman–Crippen LogP) is 4.16. The van der Waals surface area contributed by atoms with Crippen LogP contribution in [-0.4, -0.2) is 35.4 Å². The molecule has 0 radical (unpaired) electrons. The van der Waals surface area contributed by atoms with E-state index in [0.717, 1.165) is 37.0 Å². The van der Waals surface area contributed by atoms with E-state index in [-0.39, 0.29) is 17.6 Å². The van der Waals surface area contributed by atoms with E-state index < -0.39 is 4.92 Å². The Morgan fingerprint density at radius 3 is 2.75 bits per heavy atom. The molecular formula is C21H23N3O4. The number of ether oxygens (including phenoxy) is 1. The van der Waals surface area contributed by atoms with E-state index in [1.54, 1.807) is 19.2 Å². The zero-order valence-corrected chi connectivity index (χ0v) is 15.8. The number of carbonyl (C=O) groups excluding carboxylic acids is 1. The van der Waals surface area contributed by atoms with Crippen molar-refractivity contribution in [3.8, 4) is 5.75 Å². The van der Waals surface area contributed by atoms with Gasteiger partial charge in [0.15, 0.2) is 0 Å². The van der Waals surface area contributed by atoms with Gasteiger partial charge in [-0.3, -0.25) is 14.9 Å². The maximum atomic E-state index is 13.2. The molecule has 1 saturated carbocycles. The van der Waals surface area contributed by atoms with Crippen molar-refractivity contribution in [1.29, 1.82) is 0 Å². The molecule has 1 heterocycles. The fourth-order valence-electron chi connectivity index (χ4n) is 3.76. The number of nitro benzene ring substituents is 1. The summed E-state index contributed by atoms with van der Waals surface area (Å²) in [5.41, 5.74) is 1.80. The molecule has 1 aliphatic carbocycles. The van der Waals surface area contributed by atoms with Crippen molar-refractivity contribution < 1.29 is 14.5 Å². The van der Waals surface area contributed by atoms with E-state index in [1.165, 1.54) is 6.07 Å². The van der Waals surface area contributed by atoms with Gasteiger partial charge in [0.1, 0.15) is 11.4 Å². The summed E-state index contributed by atoms with van der Waals surface area (Å²) in [4.78, 5) is 26.0. The molecule has 146 valence electrons. The Morgan fingerprint density at radius 2 is 2.04 bits per heavy atom. The highest BCUT2D eigenvalue weighted by molar-refractivity contribution is 5.96. The van der Waals surface area contributed by atoms with Crippen LogP contribution in [0.2, 0.25) is 0 Å². The fourth-order valence-corrected chi connectivity index (χ4v) is 3.76. The van der Waals surface area contributed by atoms with Crippen molar-refractivity contribution in [2.45, 2.75) is 37.8 Å². The van der Waals surface area contributed by atoms with E-state index in [4.69, 9.17) is 4.74 Å². The number of hydrogen-bond donors (Lipinski definition) is 1. The number of benzene rings is 2. The average molecular weight is 381 g/mol. The second-order valence-electron chi connectivity index (χ2n) is 7.34. The molecule has 1 saturated heterocycles. The average Bonchev–Trinajstić information content (AvgIpc) is 3.39. The molecule has 2 aromatic rings. The van der Waals surface area contributed by atoms with Crippen molar-refractivity contribution in [2.24, 2.45) is 0 Å².